The van der Waals surface area contributed by atoms with E-state index >= 15 is 0 Å². The van der Waals surface area contributed by atoms with Gasteiger partial charge in [0, 0.05) is 18.5 Å². The Morgan fingerprint density at radius 2 is 1.96 bits per heavy atom. The second-order valence-electron chi connectivity index (χ2n) is 5.47. The smallest absolute Gasteiger partial charge is 0.260 e. The SMILES string of the molecule is COc1cccc(OCC(=O)N2CC[NH+](CCC(=O)[O-])CC2)c1. The number of hydrogen-bond acceptors (Lipinski definition) is 5. The van der Waals surface area contributed by atoms with Gasteiger partial charge in [-0.25, -0.2) is 0 Å². The summed E-state index contributed by atoms with van der Waals surface area (Å²) in [4.78, 5) is 25.6. The number of ether oxygens (including phenoxy) is 2. The van der Waals surface area contributed by atoms with Crippen LogP contribution in [0.1, 0.15) is 6.42 Å². The first-order chi connectivity index (χ1) is 11.1. The fourth-order valence-electron chi connectivity index (χ4n) is 2.53. The molecule has 0 saturated carbocycles. The summed E-state index contributed by atoms with van der Waals surface area (Å²) in [6, 6.07) is 7.12. The molecule has 1 amide bonds. The zero-order chi connectivity index (χ0) is 16.7. The third-order valence-corrected chi connectivity index (χ3v) is 3.91. The van der Waals surface area contributed by atoms with Crippen LogP contribution in [0.15, 0.2) is 24.3 Å². The van der Waals surface area contributed by atoms with Crippen LogP contribution < -0.4 is 19.5 Å². The van der Waals surface area contributed by atoms with Gasteiger partial charge in [-0.2, -0.15) is 0 Å². The van der Waals surface area contributed by atoms with Crippen molar-refractivity contribution in [1.82, 2.24) is 4.90 Å². The fourth-order valence-corrected chi connectivity index (χ4v) is 2.53. The van der Waals surface area contributed by atoms with Crippen molar-refractivity contribution in [3.05, 3.63) is 24.3 Å². The van der Waals surface area contributed by atoms with Gasteiger partial charge in [-0.15, -0.1) is 0 Å². The normalized spacial score (nSPS) is 15.3. The summed E-state index contributed by atoms with van der Waals surface area (Å²) < 4.78 is 10.6. The molecule has 0 unspecified atom stereocenters. The number of hydrogen-bond donors (Lipinski definition) is 1. The van der Waals surface area contributed by atoms with Gasteiger partial charge in [-0.05, 0) is 12.1 Å². The van der Waals surface area contributed by atoms with E-state index in [0.717, 1.165) is 13.1 Å². The minimum atomic E-state index is -1.03. The highest BCUT2D eigenvalue weighted by Crippen LogP contribution is 2.18. The van der Waals surface area contributed by atoms with E-state index in [0.29, 0.717) is 31.1 Å². The van der Waals surface area contributed by atoms with E-state index in [4.69, 9.17) is 9.47 Å². The second-order valence-corrected chi connectivity index (χ2v) is 5.47. The number of carbonyl (C=O) groups excluding carboxylic acids is 2. The van der Waals surface area contributed by atoms with E-state index in [-0.39, 0.29) is 18.9 Å². The summed E-state index contributed by atoms with van der Waals surface area (Å²) in [5, 5.41) is 10.5. The Morgan fingerprint density at radius 1 is 1.26 bits per heavy atom. The minimum Gasteiger partial charge on any atom is -0.550 e. The van der Waals surface area contributed by atoms with E-state index in [1.165, 1.54) is 4.90 Å². The molecule has 7 heteroatoms. The van der Waals surface area contributed by atoms with E-state index in [1.54, 1.807) is 30.2 Å². The Balaban J connectivity index is 1.73. The summed E-state index contributed by atoms with van der Waals surface area (Å²) in [5.74, 6) is 0.186. The quantitative estimate of drug-likeness (QED) is 0.624. The van der Waals surface area contributed by atoms with Crippen LogP contribution in [-0.2, 0) is 9.59 Å². The highest BCUT2D eigenvalue weighted by atomic mass is 16.5. The molecular formula is C16H22N2O5. The number of methoxy groups -OCH3 is 1. The Labute approximate surface area is 135 Å². The number of rotatable bonds is 7. The number of carbonyl (C=O) groups is 2. The van der Waals surface area contributed by atoms with Crippen LogP contribution in [0.5, 0.6) is 11.5 Å². The summed E-state index contributed by atoms with van der Waals surface area (Å²) >= 11 is 0. The molecule has 1 aliphatic rings. The maximum atomic E-state index is 12.2. The largest absolute Gasteiger partial charge is 0.550 e. The lowest BCUT2D eigenvalue weighted by Gasteiger charge is -2.32. The van der Waals surface area contributed by atoms with Crippen LogP contribution in [0.25, 0.3) is 0 Å². The Kier molecular flexibility index (Phi) is 6.22. The van der Waals surface area contributed by atoms with Crippen LogP contribution >= 0.6 is 0 Å². The molecule has 1 aromatic rings. The minimum absolute atomic E-state index is 0.0124. The van der Waals surface area contributed by atoms with Crippen molar-refractivity contribution in [3.63, 3.8) is 0 Å². The molecule has 0 aliphatic carbocycles. The molecule has 0 bridgehead atoms. The number of carboxylic acid groups (broad SMARTS) is 1. The number of nitrogens with one attached hydrogen (secondary N) is 1. The number of amides is 1. The van der Waals surface area contributed by atoms with Crippen molar-refractivity contribution in [2.45, 2.75) is 6.42 Å². The van der Waals surface area contributed by atoms with Crippen molar-refractivity contribution in [2.75, 3.05) is 46.4 Å². The molecule has 0 spiro atoms. The third-order valence-electron chi connectivity index (χ3n) is 3.91. The second kappa shape index (κ2) is 8.38. The molecule has 0 atom stereocenters. The van der Waals surface area contributed by atoms with Crippen LogP contribution in [-0.4, -0.2) is 63.2 Å². The number of benzene rings is 1. The Morgan fingerprint density at radius 3 is 2.61 bits per heavy atom. The lowest BCUT2D eigenvalue weighted by atomic mass is 10.3. The van der Waals surface area contributed by atoms with Crippen molar-refractivity contribution < 1.29 is 29.1 Å². The third kappa shape index (κ3) is 5.45. The van der Waals surface area contributed by atoms with Crippen molar-refractivity contribution in [2.24, 2.45) is 0 Å². The Hall–Kier alpha value is -2.28. The van der Waals surface area contributed by atoms with Gasteiger partial charge in [-0.3, -0.25) is 4.79 Å². The molecular weight excluding hydrogens is 300 g/mol. The number of quaternary nitrogens is 1. The van der Waals surface area contributed by atoms with E-state index in [2.05, 4.69) is 0 Å². The molecule has 0 radical (unpaired) electrons. The monoisotopic (exact) mass is 322 g/mol. The topological polar surface area (TPSA) is 83.3 Å². The van der Waals surface area contributed by atoms with Crippen LogP contribution in [0.4, 0.5) is 0 Å². The zero-order valence-corrected chi connectivity index (χ0v) is 13.2. The van der Waals surface area contributed by atoms with Gasteiger partial charge in [0.25, 0.3) is 5.91 Å². The average Bonchev–Trinajstić information content (AvgIpc) is 2.58. The molecule has 1 N–H and O–H groups in total. The first-order valence-electron chi connectivity index (χ1n) is 7.66. The highest BCUT2D eigenvalue weighted by molar-refractivity contribution is 5.77. The van der Waals surface area contributed by atoms with Gasteiger partial charge in [-0.1, -0.05) is 6.07 Å². The predicted octanol–water partition coefficient (Wildman–Crippen LogP) is -2.06. The van der Waals surface area contributed by atoms with Gasteiger partial charge in [0.15, 0.2) is 6.61 Å². The summed E-state index contributed by atoms with van der Waals surface area (Å²) in [6.45, 7) is 3.26. The Bertz CT molecular complexity index is 541. The number of piperazine rings is 1. The average molecular weight is 322 g/mol. The maximum absolute atomic E-state index is 12.2. The molecule has 126 valence electrons. The molecule has 23 heavy (non-hydrogen) atoms. The van der Waals surface area contributed by atoms with Gasteiger partial charge in [0.2, 0.25) is 0 Å². The van der Waals surface area contributed by atoms with E-state index in [1.807, 2.05) is 6.07 Å². The fraction of sp³-hybridized carbons (Fsp3) is 0.500. The first kappa shape index (κ1) is 17.1. The summed E-state index contributed by atoms with van der Waals surface area (Å²) in [6.07, 6.45) is 0.0578. The first-order valence-corrected chi connectivity index (χ1v) is 7.66. The molecule has 7 nitrogen and oxygen atoms in total. The maximum Gasteiger partial charge on any atom is 0.260 e. The van der Waals surface area contributed by atoms with Crippen LogP contribution in [0.2, 0.25) is 0 Å². The van der Waals surface area contributed by atoms with Crippen LogP contribution in [0.3, 0.4) is 0 Å². The number of carboxylic acids is 1. The molecule has 0 aromatic heterocycles. The lowest BCUT2D eigenvalue weighted by Crippen LogP contribution is -3.15. The predicted molar refractivity (Wildman–Crippen MR) is 80.3 cm³/mol. The lowest BCUT2D eigenvalue weighted by molar-refractivity contribution is -0.903. The molecule has 1 fully saturated rings. The highest BCUT2D eigenvalue weighted by Gasteiger charge is 2.23. The standard InChI is InChI=1S/C16H22N2O5/c1-22-13-3-2-4-14(11-13)23-12-15(19)18-9-7-17(8-10-18)6-5-16(20)21/h2-4,11H,5-10,12H2,1H3,(H,20,21). The van der Waals surface area contributed by atoms with E-state index < -0.39 is 5.97 Å². The van der Waals surface area contributed by atoms with E-state index in [9.17, 15) is 14.7 Å². The summed E-state index contributed by atoms with van der Waals surface area (Å²) in [5.41, 5.74) is 0. The van der Waals surface area contributed by atoms with Gasteiger partial charge >= 0.3 is 0 Å². The molecule has 1 aliphatic heterocycles. The van der Waals surface area contributed by atoms with Crippen molar-refractivity contribution >= 4 is 11.9 Å². The molecule has 1 saturated heterocycles. The number of nitrogens with zero attached hydrogens (tertiary/aromatic N) is 1. The van der Waals surface area contributed by atoms with Gasteiger partial charge < -0.3 is 29.2 Å². The molecule has 1 heterocycles. The van der Waals surface area contributed by atoms with Crippen LogP contribution in [0, 0.1) is 0 Å². The zero-order valence-electron chi connectivity index (χ0n) is 13.2. The van der Waals surface area contributed by atoms with Crippen molar-refractivity contribution in [3.8, 4) is 11.5 Å². The summed E-state index contributed by atoms with van der Waals surface area (Å²) in [7, 11) is 1.58. The number of aliphatic carboxylic acids is 1. The molecule has 1 aromatic carbocycles. The van der Waals surface area contributed by atoms with Gasteiger partial charge in [0.1, 0.15) is 11.5 Å². The van der Waals surface area contributed by atoms with Crippen molar-refractivity contribution in [1.29, 1.82) is 0 Å². The molecule has 2 rings (SSSR count). The van der Waals surface area contributed by atoms with Gasteiger partial charge in [0.05, 0.1) is 39.8 Å².